The molecule has 0 saturated heterocycles. The van der Waals surface area contributed by atoms with Crippen LogP contribution in [0.3, 0.4) is 0 Å². The monoisotopic (exact) mass is 341 g/mol. The molecule has 0 amide bonds. The third kappa shape index (κ3) is 2.43. The number of aromatic nitrogens is 2. The maximum absolute atomic E-state index is 12.0. The summed E-state index contributed by atoms with van der Waals surface area (Å²) in [6, 6.07) is 7.76. The number of hydrogen-bond acceptors (Lipinski definition) is 8. The smallest absolute Gasteiger partial charge is 0.356 e. The van der Waals surface area contributed by atoms with E-state index in [0.717, 1.165) is 0 Å². The molecule has 3 rings (SSSR count). The number of nitriles is 1. The number of nitrogens with one attached hydrogen (secondary N) is 1. The Balaban J connectivity index is 2.32. The van der Waals surface area contributed by atoms with Crippen LogP contribution in [0.2, 0.25) is 0 Å². The molecular formula is C15H11N5O5. The van der Waals surface area contributed by atoms with Gasteiger partial charge in [0.1, 0.15) is 11.6 Å². The molecule has 1 aliphatic heterocycles. The summed E-state index contributed by atoms with van der Waals surface area (Å²) in [5.41, 5.74) is 5.76. The average Bonchev–Trinajstić information content (AvgIpc) is 3.03. The fourth-order valence-corrected chi connectivity index (χ4v) is 2.71. The van der Waals surface area contributed by atoms with Gasteiger partial charge in [-0.15, -0.1) is 5.10 Å². The van der Waals surface area contributed by atoms with Crippen molar-refractivity contribution in [2.75, 3.05) is 7.11 Å². The van der Waals surface area contributed by atoms with Gasteiger partial charge >= 0.3 is 5.97 Å². The molecule has 0 spiro atoms. The Bertz CT molecular complexity index is 955. The highest BCUT2D eigenvalue weighted by molar-refractivity contribution is 5.90. The number of benzene rings is 1. The van der Waals surface area contributed by atoms with E-state index in [-0.39, 0.29) is 39.8 Å². The van der Waals surface area contributed by atoms with E-state index in [1.165, 1.54) is 25.3 Å². The van der Waals surface area contributed by atoms with Crippen molar-refractivity contribution in [3.05, 3.63) is 62.7 Å². The van der Waals surface area contributed by atoms with Gasteiger partial charge in [-0.1, -0.05) is 18.2 Å². The van der Waals surface area contributed by atoms with E-state index in [1.54, 1.807) is 6.07 Å². The SMILES string of the molecule is COC(=O)c1[nH]nc2c1C(c1ccccc1[N+](=O)[O-])C(C#N)=C(N)O2. The van der Waals surface area contributed by atoms with Crippen molar-refractivity contribution < 1.29 is 19.2 Å². The van der Waals surface area contributed by atoms with Gasteiger partial charge in [0.05, 0.1) is 23.5 Å². The molecule has 10 heteroatoms. The van der Waals surface area contributed by atoms with Gasteiger partial charge < -0.3 is 15.2 Å². The van der Waals surface area contributed by atoms with E-state index in [9.17, 15) is 20.2 Å². The summed E-state index contributed by atoms with van der Waals surface area (Å²) in [5, 5.41) is 27.2. The van der Waals surface area contributed by atoms with Crippen LogP contribution in [0.25, 0.3) is 0 Å². The quantitative estimate of drug-likeness (QED) is 0.480. The lowest BCUT2D eigenvalue weighted by Gasteiger charge is -2.23. The molecule has 0 bridgehead atoms. The third-order valence-corrected chi connectivity index (χ3v) is 3.77. The molecule has 2 heterocycles. The largest absolute Gasteiger partial charge is 0.464 e. The highest BCUT2D eigenvalue weighted by Gasteiger charge is 2.40. The van der Waals surface area contributed by atoms with Crippen molar-refractivity contribution in [2.24, 2.45) is 5.73 Å². The molecule has 0 saturated carbocycles. The lowest BCUT2D eigenvalue weighted by atomic mass is 9.83. The average molecular weight is 341 g/mol. The molecule has 126 valence electrons. The molecular weight excluding hydrogens is 330 g/mol. The molecule has 2 aromatic rings. The molecule has 25 heavy (non-hydrogen) atoms. The summed E-state index contributed by atoms with van der Waals surface area (Å²) in [5.74, 6) is -2.02. The molecule has 1 aromatic carbocycles. The van der Waals surface area contributed by atoms with Gasteiger partial charge in [-0.2, -0.15) is 5.26 Å². The van der Waals surface area contributed by atoms with Crippen LogP contribution in [0.5, 0.6) is 5.88 Å². The van der Waals surface area contributed by atoms with Crippen molar-refractivity contribution in [3.63, 3.8) is 0 Å². The number of nitro benzene ring substituents is 1. The lowest BCUT2D eigenvalue weighted by molar-refractivity contribution is -0.385. The number of ether oxygens (including phenoxy) is 2. The number of esters is 1. The molecule has 3 N–H and O–H groups in total. The number of methoxy groups -OCH3 is 1. The Kier molecular flexibility index (Phi) is 3.82. The number of carbonyl (C=O) groups excluding carboxylic acids is 1. The first-order valence-corrected chi connectivity index (χ1v) is 6.97. The Labute approximate surface area is 140 Å². The minimum absolute atomic E-state index is 0.0416. The number of nitrogens with zero attached hydrogens (tertiary/aromatic N) is 3. The predicted octanol–water partition coefficient (Wildman–Crippen LogP) is 1.32. The van der Waals surface area contributed by atoms with Crippen molar-refractivity contribution >= 4 is 11.7 Å². The Morgan fingerprint density at radius 2 is 2.24 bits per heavy atom. The van der Waals surface area contributed by atoms with E-state index in [4.69, 9.17) is 10.5 Å². The van der Waals surface area contributed by atoms with Crippen LogP contribution in [0.4, 0.5) is 5.69 Å². The zero-order chi connectivity index (χ0) is 18.1. The van der Waals surface area contributed by atoms with Crippen LogP contribution >= 0.6 is 0 Å². The van der Waals surface area contributed by atoms with E-state index in [0.29, 0.717) is 0 Å². The summed E-state index contributed by atoms with van der Waals surface area (Å²) in [6.07, 6.45) is 0. The van der Waals surface area contributed by atoms with Gasteiger partial charge in [-0.05, 0) is 0 Å². The lowest BCUT2D eigenvalue weighted by Crippen LogP contribution is -2.22. The van der Waals surface area contributed by atoms with Crippen LogP contribution in [-0.4, -0.2) is 28.2 Å². The Hall–Kier alpha value is -3.87. The minimum atomic E-state index is -0.997. The molecule has 0 aliphatic carbocycles. The topological polar surface area (TPSA) is 157 Å². The molecule has 10 nitrogen and oxygen atoms in total. The van der Waals surface area contributed by atoms with E-state index >= 15 is 0 Å². The summed E-state index contributed by atoms with van der Waals surface area (Å²) in [4.78, 5) is 22.8. The highest BCUT2D eigenvalue weighted by Crippen LogP contribution is 2.45. The molecule has 0 fully saturated rings. The van der Waals surface area contributed by atoms with E-state index in [1.807, 2.05) is 6.07 Å². The summed E-state index contributed by atoms with van der Waals surface area (Å²) in [7, 11) is 1.18. The van der Waals surface area contributed by atoms with Crippen LogP contribution in [0.15, 0.2) is 35.7 Å². The second-order valence-corrected chi connectivity index (χ2v) is 5.05. The van der Waals surface area contributed by atoms with Gasteiger partial charge in [-0.3, -0.25) is 15.2 Å². The van der Waals surface area contributed by atoms with Crippen molar-refractivity contribution in [2.45, 2.75) is 5.92 Å². The normalized spacial score (nSPS) is 15.8. The first-order chi connectivity index (χ1) is 12.0. The van der Waals surface area contributed by atoms with Gasteiger partial charge in [0.25, 0.3) is 5.69 Å². The molecule has 1 aromatic heterocycles. The number of nitro groups is 1. The summed E-state index contributed by atoms with van der Waals surface area (Å²) < 4.78 is 9.97. The third-order valence-electron chi connectivity index (χ3n) is 3.77. The highest BCUT2D eigenvalue weighted by atomic mass is 16.6. The fraction of sp³-hybridized carbons (Fsp3) is 0.133. The number of rotatable bonds is 3. The number of fused-ring (bicyclic) bond motifs is 1. The molecule has 1 aliphatic rings. The van der Waals surface area contributed by atoms with Gasteiger partial charge in [0.15, 0.2) is 5.69 Å². The standard InChI is InChI=1S/C15H11N5O5/c1-24-15(21)12-11-10(7-4-2-3-5-9(7)20(22)23)8(6-16)13(17)25-14(11)19-18-12/h2-5,10H,17H2,1H3,(H,18,19). The van der Waals surface area contributed by atoms with Crippen LogP contribution in [0, 0.1) is 21.4 Å². The number of hydrogen-bond donors (Lipinski definition) is 2. The number of carbonyl (C=O) groups is 1. The van der Waals surface area contributed by atoms with Crippen molar-refractivity contribution in [1.29, 1.82) is 5.26 Å². The number of allylic oxidation sites excluding steroid dienone is 1. The first kappa shape index (κ1) is 16.0. The molecule has 0 radical (unpaired) electrons. The maximum atomic E-state index is 12.0. The molecule has 1 unspecified atom stereocenters. The first-order valence-electron chi connectivity index (χ1n) is 6.97. The Morgan fingerprint density at radius 1 is 1.52 bits per heavy atom. The maximum Gasteiger partial charge on any atom is 0.356 e. The minimum Gasteiger partial charge on any atom is -0.464 e. The van der Waals surface area contributed by atoms with Crippen molar-refractivity contribution in [3.8, 4) is 11.9 Å². The summed E-state index contributed by atoms with van der Waals surface area (Å²) in [6.45, 7) is 0. The number of aromatic amines is 1. The second-order valence-electron chi connectivity index (χ2n) is 5.05. The predicted molar refractivity (Wildman–Crippen MR) is 82.3 cm³/mol. The van der Waals surface area contributed by atoms with E-state index < -0.39 is 16.8 Å². The van der Waals surface area contributed by atoms with Crippen LogP contribution in [-0.2, 0) is 4.74 Å². The van der Waals surface area contributed by atoms with Crippen LogP contribution < -0.4 is 10.5 Å². The van der Waals surface area contributed by atoms with Crippen LogP contribution in [0.1, 0.15) is 27.5 Å². The van der Waals surface area contributed by atoms with Crippen molar-refractivity contribution in [1.82, 2.24) is 10.2 Å². The zero-order valence-electron chi connectivity index (χ0n) is 12.8. The zero-order valence-corrected chi connectivity index (χ0v) is 12.8. The van der Waals surface area contributed by atoms with Gasteiger partial charge in [0.2, 0.25) is 11.8 Å². The van der Waals surface area contributed by atoms with E-state index in [2.05, 4.69) is 14.9 Å². The Morgan fingerprint density at radius 3 is 2.88 bits per heavy atom. The molecule has 1 atom stereocenters. The second kappa shape index (κ2) is 5.97. The number of para-hydroxylation sites is 1. The number of nitrogens with two attached hydrogens (primary N) is 1. The number of H-pyrrole nitrogens is 1. The fourth-order valence-electron chi connectivity index (χ4n) is 2.71. The van der Waals surface area contributed by atoms with Gasteiger partial charge in [-0.25, -0.2) is 4.79 Å². The summed E-state index contributed by atoms with van der Waals surface area (Å²) >= 11 is 0. The van der Waals surface area contributed by atoms with Gasteiger partial charge in [0, 0.05) is 11.6 Å².